The molecule has 0 unspecified atom stereocenters. The zero-order chi connectivity index (χ0) is 10.7. The number of nitriles is 1. The molecule has 0 amide bonds. The Balaban J connectivity index is 3.41. The largest absolute Gasteiger partial charge is 0.478 e. The van der Waals surface area contributed by atoms with E-state index in [0.29, 0.717) is 0 Å². The first kappa shape index (κ1) is 10.2. The molecule has 0 saturated heterocycles. The maximum absolute atomic E-state index is 13.1. The number of carboxylic acids is 1. The molecule has 0 aliphatic rings. The summed E-state index contributed by atoms with van der Waals surface area (Å²) in [6.45, 7) is -0.630. The van der Waals surface area contributed by atoms with E-state index in [1.165, 1.54) is 0 Å². The SMILES string of the molecule is N#Cc1cc(C(=O)O)cc(F)c1CO. The first-order chi connectivity index (χ1) is 6.60. The summed E-state index contributed by atoms with van der Waals surface area (Å²) < 4.78 is 13.1. The van der Waals surface area contributed by atoms with Crippen LogP contribution in [0.5, 0.6) is 0 Å². The van der Waals surface area contributed by atoms with Gasteiger partial charge in [0.05, 0.1) is 23.8 Å². The molecule has 0 fully saturated rings. The topological polar surface area (TPSA) is 81.3 Å². The minimum absolute atomic E-state index is 0.162. The van der Waals surface area contributed by atoms with Gasteiger partial charge in [0.15, 0.2) is 0 Å². The van der Waals surface area contributed by atoms with Crippen LogP contribution >= 0.6 is 0 Å². The Hall–Kier alpha value is -1.93. The summed E-state index contributed by atoms with van der Waals surface area (Å²) in [6.07, 6.45) is 0. The second-order valence-corrected chi connectivity index (χ2v) is 2.56. The monoisotopic (exact) mass is 195 g/mol. The molecule has 1 aromatic rings. The zero-order valence-electron chi connectivity index (χ0n) is 6.99. The van der Waals surface area contributed by atoms with E-state index in [4.69, 9.17) is 15.5 Å². The molecule has 4 nitrogen and oxygen atoms in total. The van der Waals surface area contributed by atoms with Crippen LogP contribution in [0.1, 0.15) is 21.5 Å². The summed E-state index contributed by atoms with van der Waals surface area (Å²) in [5.74, 6) is -2.20. The van der Waals surface area contributed by atoms with E-state index in [0.717, 1.165) is 12.1 Å². The summed E-state index contributed by atoms with van der Waals surface area (Å²) in [6, 6.07) is 3.42. The molecular formula is C9H6FNO3. The van der Waals surface area contributed by atoms with Crippen LogP contribution in [0, 0.1) is 17.1 Å². The number of halogens is 1. The van der Waals surface area contributed by atoms with E-state index in [1.54, 1.807) is 6.07 Å². The second kappa shape index (κ2) is 3.85. The molecule has 5 heteroatoms. The number of rotatable bonds is 2. The molecule has 1 rings (SSSR count). The van der Waals surface area contributed by atoms with E-state index < -0.39 is 18.4 Å². The lowest BCUT2D eigenvalue weighted by Gasteiger charge is -2.03. The van der Waals surface area contributed by atoms with Crippen LogP contribution in [0.4, 0.5) is 4.39 Å². The highest BCUT2D eigenvalue weighted by atomic mass is 19.1. The number of hydrogen-bond donors (Lipinski definition) is 2. The van der Waals surface area contributed by atoms with Gasteiger partial charge in [-0.1, -0.05) is 0 Å². The number of benzene rings is 1. The smallest absolute Gasteiger partial charge is 0.335 e. The molecule has 2 N–H and O–H groups in total. The molecule has 72 valence electrons. The van der Waals surface area contributed by atoms with Gasteiger partial charge >= 0.3 is 5.97 Å². The average molecular weight is 195 g/mol. The van der Waals surface area contributed by atoms with Gasteiger partial charge < -0.3 is 10.2 Å². The lowest BCUT2D eigenvalue weighted by molar-refractivity contribution is 0.0696. The van der Waals surface area contributed by atoms with Crippen molar-refractivity contribution >= 4 is 5.97 Å². The highest BCUT2D eigenvalue weighted by molar-refractivity contribution is 5.88. The van der Waals surface area contributed by atoms with Crippen LogP contribution in [0.25, 0.3) is 0 Å². The Bertz CT molecular complexity index is 423. The highest BCUT2D eigenvalue weighted by Gasteiger charge is 2.13. The molecule has 0 saturated carbocycles. The fraction of sp³-hybridized carbons (Fsp3) is 0.111. The van der Waals surface area contributed by atoms with Crippen molar-refractivity contribution in [2.24, 2.45) is 0 Å². The van der Waals surface area contributed by atoms with Gasteiger partial charge in [-0.05, 0) is 12.1 Å². The summed E-state index contributed by atoms with van der Waals surface area (Å²) in [5.41, 5.74) is -0.654. The Kier molecular flexibility index (Phi) is 2.79. The lowest BCUT2D eigenvalue weighted by atomic mass is 10.0. The van der Waals surface area contributed by atoms with Gasteiger partial charge in [0.1, 0.15) is 5.82 Å². The van der Waals surface area contributed by atoms with Gasteiger partial charge in [-0.3, -0.25) is 0 Å². The highest BCUT2D eigenvalue weighted by Crippen LogP contribution is 2.16. The molecule has 0 bridgehead atoms. The van der Waals surface area contributed by atoms with Crippen LogP contribution in [0.2, 0.25) is 0 Å². The number of aliphatic hydroxyl groups excluding tert-OH is 1. The van der Waals surface area contributed by atoms with E-state index in [9.17, 15) is 9.18 Å². The molecule has 1 aromatic carbocycles. The van der Waals surface area contributed by atoms with E-state index >= 15 is 0 Å². The first-order valence-electron chi connectivity index (χ1n) is 3.66. The summed E-state index contributed by atoms with van der Waals surface area (Å²) in [4.78, 5) is 10.5. The van der Waals surface area contributed by atoms with Gasteiger partial charge in [-0.25, -0.2) is 9.18 Å². The Morgan fingerprint density at radius 1 is 1.57 bits per heavy atom. The molecule has 0 heterocycles. The summed E-state index contributed by atoms with van der Waals surface area (Å²) >= 11 is 0. The maximum Gasteiger partial charge on any atom is 0.335 e. The van der Waals surface area contributed by atoms with Crippen molar-refractivity contribution in [3.63, 3.8) is 0 Å². The summed E-state index contributed by atoms with van der Waals surface area (Å²) in [5, 5.41) is 25.8. The third kappa shape index (κ3) is 1.70. The molecule has 0 aliphatic carbocycles. The summed E-state index contributed by atoms with van der Waals surface area (Å²) in [7, 11) is 0. The minimum Gasteiger partial charge on any atom is -0.478 e. The van der Waals surface area contributed by atoms with Gasteiger partial charge in [-0.15, -0.1) is 0 Å². The number of aromatic carboxylic acids is 1. The Morgan fingerprint density at radius 2 is 2.21 bits per heavy atom. The van der Waals surface area contributed by atoms with Crippen molar-refractivity contribution in [2.75, 3.05) is 0 Å². The van der Waals surface area contributed by atoms with E-state index in [-0.39, 0.29) is 16.7 Å². The van der Waals surface area contributed by atoms with Crippen molar-refractivity contribution in [1.29, 1.82) is 5.26 Å². The number of carboxylic acid groups (broad SMARTS) is 1. The molecule has 0 radical (unpaired) electrons. The van der Waals surface area contributed by atoms with Gasteiger partial charge in [0.25, 0.3) is 0 Å². The third-order valence-electron chi connectivity index (χ3n) is 1.72. The predicted octanol–water partition coefficient (Wildman–Crippen LogP) is 0.888. The van der Waals surface area contributed by atoms with Gasteiger partial charge in [0.2, 0.25) is 0 Å². The van der Waals surface area contributed by atoms with Crippen molar-refractivity contribution in [2.45, 2.75) is 6.61 Å². The maximum atomic E-state index is 13.1. The van der Waals surface area contributed by atoms with Gasteiger partial charge in [-0.2, -0.15) is 5.26 Å². The van der Waals surface area contributed by atoms with Crippen molar-refractivity contribution < 1.29 is 19.4 Å². The number of aliphatic hydroxyl groups is 1. The fourth-order valence-corrected chi connectivity index (χ4v) is 1.02. The van der Waals surface area contributed by atoms with Crippen LogP contribution < -0.4 is 0 Å². The quantitative estimate of drug-likeness (QED) is 0.734. The average Bonchev–Trinajstić information content (AvgIpc) is 2.16. The first-order valence-corrected chi connectivity index (χ1v) is 3.66. The fourth-order valence-electron chi connectivity index (χ4n) is 1.02. The normalized spacial score (nSPS) is 9.50. The Labute approximate surface area is 78.8 Å². The third-order valence-corrected chi connectivity index (χ3v) is 1.72. The standard InChI is InChI=1S/C9H6FNO3/c10-8-2-5(9(13)14)1-6(3-11)7(8)4-12/h1-2,12H,4H2,(H,13,14). The van der Waals surface area contributed by atoms with Crippen LogP contribution in [-0.4, -0.2) is 16.2 Å². The molecule has 14 heavy (non-hydrogen) atoms. The van der Waals surface area contributed by atoms with Crippen molar-refractivity contribution in [1.82, 2.24) is 0 Å². The number of carbonyl (C=O) groups is 1. The molecule has 0 spiro atoms. The van der Waals surface area contributed by atoms with E-state index in [2.05, 4.69) is 0 Å². The van der Waals surface area contributed by atoms with Gasteiger partial charge in [0, 0.05) is 5.56 Å². The van der Waals surface area contributed by atoms with Crippen molar-refractivity contribution in [3.8, 4) is 6.07 Å². The van der Waals surface area contributed by atoms with E-state index in [1.807, 2.05) is 0 Å². The minimum atomic E-state index is -1.31. The lowest BCUT2D eigenvalue weighted by Crippen LogP contribution is -2.02. The Morgan fingerprint density at radius 3 is 2.64 bits per heavy atom. The van der Waals surface area contributed by atoms with Crippen LogP contribution in [0.15, 0.2) is 12.1 Å². The molecule has 0 aromatic heterocycles. The molecule has 0 aliphatic heterocycles. The van der Waals surface area contributed by atoms with Crippen molar-refractivity contribution in [3.05, 3.63) is 34.6 Å². The number of nitrogens with zero attached hydrogens (tertiary/aromatic N) is 1. The van der Waals surface area contributed by atoms with Crippen LogP contribution in [0.3, 0.4) is 0 Å². The number of hydrogen-bond acceptors (Lipinski definition) is 3. The second-order valence-electron chi connectivity index (χ2n) is 2.56. The van der Waals surface area contributed by atoms with Crippen LogP contribution in [-0.2, 0) is 6.61 Å². The molecular weight excluding hydrogens is 189 g/mol. The molecule has 0 atom stereocenters. The predicted molar refractivity (Wildman–Crippen MR) is 44.0 cm³/mol. The zero-order valence-corrected chi connectivity index (χ0v) is 6.99.